The topological polar surface area (TPSA) is 66.5 Å². The van der Waals surface area contributed by atoms with E-state index < -0.39 is 22.0 Å². The van der Waals surface area contributed by atoms with E-state index in [1.54, 1.807) is 0 Å². The van der Waals surface area contributed by atoms with Gasteiger partial charge in [-0.25, -0.2) is 8.42 Å². The van der Waals surface area contributed by atoms with Crippen molar-refractivity contribution in [2.24, 2.45) is 0 Å². The zero-order chi connectivity index (χ0) is 22.7. The van der Waals surface area contributed by atoms with Crippen LogP contribution in [-0.4, -0.2) is 31.7 Å². The molecular formula is C25H25ClN2O3S. The van der Waals surface area contributed by atoms with E-state index in [4.69, 9.17) is 11.6 Å². The molecule has 1 unspecified atom stereocenters. The molecule has 0 aromatic heterocycles. The second kappa shape index (κ2) is 9.45. The van der Waals surface area contributed by atoms with Gasteiger partial charge in [0.25, 0.3) is 5.91 Å². The average Bonchev–Trinajstić information content (AvgIpc) is 3.35. The minimum atomic E-state index is -3.66. The van der Waals surface area contributed by atoms with E-state index in [9.17, 15) is 13.2 Å². The van der Waals surface area contributed by atoms with Gasteiger partial charge in [-0.15, -0.1) is 0 Å². The van der Waals surface area contributed by atoms with E-state index >= 15 is 0 Å². The van der Waals surface area contributed by atoms with Crippen molar-refractivity contribution in [2.45, 2.75) is 30.7 Å². The van der Waals surface area contributed by atoms with Crippen molar-refractivity contribution < 1.29 is 13.2 Å². The van der Waals surface area contributed by atoms with Gasteiger partial charge in [0.1, 0.15) is 0 Å². The Morgan fingerprint density at radius 3 is 2.31 bits per heavy atom. The van der Waals surface area contributed by atoms with Crippen molar-refractivity contribution in [1.29, 1.82) is 0 Å². The molecule has 3 aromatic carbocycles. The fourth-order valence-corrected chi connectivity index (χ4v) is 5.77. The van der Waals surface area contributed by atoms with Crippen LogP contribution in [0.3, 0.4) is 0 Å². The summed E-state index contributed by atoms with van der Waals surface area (Å²) in [6.45, 7) is 2.99. The number of benzene rings is 3. The molecule has 1 aliphatic rings. The molecule has 1 fully saturated rings. The van der Waals surface area contributed by atoms with Crippen molar-refractivity contribution in [2.75, 3.05) is 13.1 Å². The van der Waals surface area contributed by atoms with Crippen LogP contribution in [0.1, 0.15) is 45.9 Å². The maximum Gasteiger partial charge on any atom is 0.253 e. The number of carbonyl (C=O) groups excluding carboxylic acids is 1. The predicted molar refractivity (Wildman–Crippen MR) is 126 cm³/mol. The van der Waals surface area contributed by atoms with Crippen molar-refractivity contribution in [3.05, 3.63) is 100 Å². The van der Waals surface area contributed by atoms with Gasteiger partial charge in [0, 0.05) is 13.1 Å². The van der Waals surface area contributed by atoms with Crippen molar-refractivity contribution in [3.63, 3.8) is 0 Å². The van der Waals surface area contributed by atoms with E-state index in [0.717, 1.165) is 29.5 Å². The van der Waals surface area contributed by atoms with E-state index in [0.29, 0.717) is 13.1 Å². The molecule has 3 aromatic rings. The van der Waals surface area contributed by atoms with E-state index in [-0.39, 0.29) is 15.5 Å². The summed E-state index contributed by atoms with van der Waals surface area (Å²) in [5.41, 5.74) is 3.07. The van der Waals surface area contributed by atoms with Crippen molar-refractivity contribution >= 4 is 27.5 Å². The first-order valence-corrected chi connectivity index (χ1v) is 12.4. The molecule has 5 nitrogen and oxygen atoms in total. The Morgan fingerprint density at radius 1 is 0.969 bits per heavy atom. The molecule has 1 atom stereocenters. The number of hydrogen-bond donors (Lipinski definition) is 1. The summed E-state index contributed by atoms with van der Waals surface area (Å²) in [4.78, 5) is 13.4. The second-order valence-electron chi connectivity index (χ2n) is 7.93. The number of amides is 1. The molecular weight excluding hydrogens is 444 g/mol. The van der Waals surface area contributed by atoms with Crippen molar-refractivity contribution in [1.82, 2.24) is 9.62 Å². The first-order chi connectivity index (χ1) is 15.4. The Balaban J connectivity index is 1.69. The Labute approximate surface area is 194 Å². The molecule has 4 rings (SSSR count). The minimum Gasteiger partial charge on any atom is -0.341 e. The zero-order valence-electron chi connectivity index (χ0n) is 17.8. The molecule has 0 aliphatic carbocycles. The number of rotatable bonds is 6. The molecule has 0 radical (unpaired) electrons. The summed E-state index contributed by atoms with van der Waals surface area (Å²) in [5, 5.41) is 3.27. The average molecular weight is 469 g/mol. The number of sulfonamides is 1. The lowest BCUT2D eigenvalue weighted by Crippen LogP contribution is -2.31. The van der Waals surface area contributed by atoms with Crippen LogP contribution in [0.2, 0.25) is 5.02 Å². The monoisotopic (exact) mass is 468 g/mol. The number of nitrogens with one attached hydrogen (secondary N) is 1. The lowest BCUT2D eigenvalue weighted by Gasteiger charge is -2.22. The lowest BCUT2D eigenvalue weighted by atomic mass is 9.94. The molecule has 166 valence electrons. The SMILES string of the molecule is Cc1ccccc1C(NC(=O)c1cc(S(=O)(=O)N2CCCC2)ccc1Cl)c1ccccc1. The van der Waals surface area contributed by atoms with Gasteiger partial charge in [0.15, 0.2) is 0 Å². The fraction of sp³-hybridized carbons (Fsp3) is 0.240. The maximum absolute atomic E-state index is 13.3. The Hall–Kier alpha value is -2.67. The van der Waals surface area contributed by atoms with Crippen molar-refractivity contribution in [3.8, 4) is 0 Å². The lowest BCUT2D eigenvalue weighted by molar-refractivity contribution is 0.0943. The van der Waals surface area contributed by atoms with Crippen LogP contribution < -0.4 is 5.32 Å². The molecule has 1 aliphatic heterocycles. The summed E-state index contributed by atoms with van der Waals surface area (Å²) in [7, 11) is -3.66. The highest BCUT2D eigenvalue weighted by atomic mass is 35.5. The van der Waals surface area contributed by atoms with E-state index in [1.165, 1.54) is 22.5 Å². The first-order valence-electron chi connectivity index (χ1n) is 10.6. The van der Waals surface area contributed by atoms with Crippen LogP contribution >= 0.6 is 11.6 Å². The normalized spacial score (nSPS) is 15.4. The largest absolute Gasteiger partial charge is 0.341 e. The van der Waals surface area contributed by atoms with Gasteiger partial charge < -0.3 is 5.32 Å². The molecule has 0 spiro atoms. The number of aryl methyl sites for hydroxylation is 1. The van der Waals surface area contributed by atoms with E-state index in [1.807, 2.05) is 61.5 Å². The van der Waals surface area contributed by atoms with Crippen LogP contribution in [0, 0.1) is 6.92 Å². The summed E-state index contributed by atoms with van der Waals surface area (Å²) in [6, 6.07) is 21.4. The second-order valence-corrected chi connectivity index (χ2v) is 10.3. The van der Waals surface area contributed by atoms with Gasteiger partial charge in [-0.05, 0) is 54.7 Å². The minimum absolute atomic E-state index is 0.0844. The zero-order valence-corrected chi connectivity index (χ0v) is 19.4. The van der Waals surface area contributed by atoms with Crippen LogP contribution in [0.25, 0.3) is 0 Å². The summed E-state index contributed by atoms with van der Waals surface area (Å²) in [6.07, 6.45) is 1.69. The standard InChI is InChI=1S/C25H25ClN2O3S/c1-18-9-5-6-12-21(18)24(19-10-3-2-4-11-19)27-25(29)22-17-20(13-14-23(22)26)32(30,31)28-15-7-8-16-28/h2-6,9-14,17,24H,7-8,15-16H2,1H3,(H,27,29). The van der Waals surface area contributed by atoms with E-state index in [2.05, 4.69) is 5.32 Å². The smallest absolute Gasteiger partial charge is 0.253 e. The number of carbonyl (C=O) groups is 1. The van der Waals surface area contributed by atoms with Crippen LogP contribution in [0.4, 0.5) is 0 Å². The van der Waals surface area contributed by atoms with Gasteiger partial charge in [-0.2, -0.15) is 4.31 Å². The molecule has 1 N–H and O–H groups in total. The number of nitrogens with zero attached hydrogens (tertiary/aromatic N) is 1. The van der Waals surface area contributed by atoms with Gasteiger partial charge >= 0.3 is 0 Å². The molecule has 1 saturated heterocycles. The Bertz CT molecular complexity index is 1220. The number of hydrogen-bond acceptors (Lipinski definition) is 3. The molecule has 1 heterocycles. The van der Waals surface area contributed by atoms with Gasteiger partial charge in [0.2, 0.25) is 10.0 Å². The number of halogens is 1. The Morgan fingerprint density at radius 2 is 1.62 bits per heavy atom. The predicted octanol–water partition coefficient (Wildman–Crippen LogP) is 4.95. The fourth-order valence-electron chi connectivity index (χ4n) is 4.02. The third-order valence-corrected chi connectivity index (χ3v) is 8.02. The summed E-state index contributed by atoms with van der Waals surface area (Å²) < 4.78 is 27.4. The third-order valence-electron chi connectivity index (χ3n) is 5.79. The highest BCUT2D eigenvalue weighted by Crippen LogP contribution is 2.28. The third kappa shape index (κ3) is 4.58. The van der Waals surface area contributed by atoms with Gasteiger partial charge in [-0.1, -0.05) is 66.2 Å². The molecule has 7 heteroatoms. The van der Waals surface area contributed by atoms with Gasteiger partial charge in [-0.3, -0.25) is 4.79 Å². The summed E-state index contributed by atoms with van der Waals surface area (Å²) >= 11 is 6.34. The first kappa shape index (κ1) is 22.5. The highest BCUT2D eigenvalue weighted by molar-refractivity contribution is 7.89. The molecule has 1 amide bonds. The summed E-state index contributed by atoms with van der Waals surface area (Å²) in [5.74, 6) is -0.425. The molecule has 0 saturated carbocycles. The molecule has 32 heavy (non-hydrogen) atoms. The maximum atomic E-state index is 13.3. The highest BCUT2D eigenvalue weighted by Gasteiger charge is 2.29. The molecule has 0 bridgehead atoms. The van der Waals surface area contributed by atoms with Gasteiger partial charge in [0.05, 0.1) is 21.5 Å². The Kier molecular flexibility index (Phi) is 6.65. The van der Waals surface area contributed by atoms with Crippen LogP contribution in [-0.2, 0) is 10.0 Å². The quantitative estimate of drug-likeness (QED) is 0.556. The van der Waals surface area contributed by atoms with Crippen LogP contribution in [0.15, 0.2) is 77.7 Å². The van der Waals surface area contributed by atoms with Crippen LogP contribution in [0.5, 0.6) is 0 Å².